The van der Waals surface area contributed by atoms with Crippen molar-refractivity contribution in [1.29, 1.82) is 0 Å². The number of nitrogens with one attached hydrogen (secondary N) is 1. The van der Waals surface area contributed by atoms with Crippen LogP contribution in [0.5, 0.6) is 0 Å². The summed E-state index contributed by atoms with van der Waals surface area (Å²) in [6.07, 6.45) is 5.50. The Balaban J connectivity index is 1.40. The van der Waals surface area contributed by atoms with Gasteiger partial charge in [-0.3, -0.25) is 4.79 Å². The van der Waals surface area contributed by atoms with Crippen LogP contribution in [0.25, 0.3) is 5.69 Å². The molecule has 1 aliphatic heterocycles. The maximum atomic E-state index is 12.5. The van der Waals surface area contributed by atoms with Gasteiger partial charge in [0.15, 0.2) is 0 Å². The zero-order valence-corrected chi connectivity index (χ0v) is 15.7. The molecule has 3 aromatic rings. The minimum Gasteiger partial charge on any atom is -0.381 e. The molecule has 0 aliphatic carbocycles. The highest BCUT2D eigenvalue weighted by Gasteiger charge is 2.30. The van der Waals surface area contributed by atoms with Crippen molar-refractivity contribution in [3.05, 3.63) is 78.1 Å². The summed E-state index contributed by atoms with van der Waals surface area (Å²) in [5, 5.41) is 7.19. The molecule has 2 aromatic carbocycles. The number of aromatic nitrogens is 2. The van der Waals surface area contributed by atoms with E-state index in [2.05, 4.69) is 10.4 Å². The van der Waals surface area contributed by atoms with E-state index in [1.165, 1.54) is 0 Å². The first-order valence-corrected chi connectivity index (χ1v) is 9.48. The second-order valence-electron chi connectivity index (χ2n) is 7.19. The van der Waals surface area contributed by atoms with Crippen LogP contribution in [0.4, 0.5) is 5.69 Å². The molecule has 0 saturated carbocycles. The van der Waals surface area contributed by atoms with Gasteiger partial charge in [-0.05, 0) is 54.3 Å². The van der Waals surface area contributed by atoms with Crippen LogP contribution < -0.4 is 11.1 Å². The van der Waals surface area contributed by atoms with Crippen molar-refractivity contribution in [3.63, 3.8) is 0 Å². The monoisotopic (exact) mass is 376 g/mol. The Morgan fingerprint density at radius 1 is 1.14 bits per heavy atom. The lowest BCUT2D eigenvalue weighted by molar-refractivity contribution is -0.115. The molecule has 0 radical (unpaired) electrons. The van der Waals surface area contributed by atoms with E-state index in [9.17, 15) is 4.79 Å². The lowest BCUT2D eigenvalue weighted by Gasteiger charge is -2.34. The van der Waals surface area contributed by atoms with Gasteiger partial charge in [-0.15, -0.1) is 0 Å². The molecular formula is C22H24N4O2. The molecule has 28 heavy (non-hydrogen) atoms. The van der Waals surface area contributed by atoms with Crippen LogP contribution in [-0.2, 0) is 21.5 Å². The van der Waals surface area contributed by atoms with Gasteiger partial charge >= 0.3 is 0 Å². The normalized spacial score (nSPS) is 15.9. The van der Waals surface area contributed by atoms with Gasteiger partial charge in [-0.25, -0.2) is 4.68 Å². The van der Waals surface area contributed by atoms with E-state index in [4.69, 9.17) is 10.5 Å². The van der Waals surface area contributed by atoms with Crippen LogP contribution in [0, 0.1) is 0 Å². The molecule has 1 aromatic heterocycles. The lowest BCUT2D eigenvalue weighted by Crippen LogP contribution is -2.42. The summed E-state index contributed by atoms with van der Waals surface area (Å²) in [4.78, 5) is 12.5. The van der Waals surface area contributed by atoms with E-state index < -0.39 is 0 Å². The highest BCUT2D eigenvalue weighted by atomic mass is 16.5. The minimum atomic E-state index is -0.388. The van der Waals surface area contributed by atoms with Crippen molar-refractivity contribution in [3.8, 4) is 5.69 Å². The molecule has 0 atom stereocenters. The Morgan fingerprint density at radius 3 is 2.64 bits per heavy atom. The second kappa shape index (κ2) is 7.96. The molecule has 0 bridgehead atoms. The largest absolute Gasteiger partial charge is 0.381 e. The average Bonchev–Trinajstić information content (AvgIpc) is 3.24. The average molecular weight is 376 g/mol. The zero-order chi connectivity index (χ0) is 19.4. The maximum absolute atomic E-state index is 12.5. The van der Waals surface area contributed by atoms with Gasteiger partial charge in [-0.2, -0.15) is 5.10 Å². The number of carbonyl (C=O) groups is 1. The molecule has 3 N–H and O–H groups in total. The number of ether oxygens (including phenoxy) is 1. The number of amides is 1. The van der Waals surface area contributed by atoms with Gasteiger partial charge in [0.1, 0.15) is 0 Å². The third-order valence-corrected chi connectivity index (χ3v) is 5.18. The van der Waals surface area contributed by atoms with E-state index in [-0.39, 0.29) is 11.4 Å². The fourth-order valence-electron chi connectivity index (χ4n) is 3.51. The Labute approximate surface area is 164 Å². The molecule has 1 saturated heterocycles. The predicted molar refractivity (Wildman–Crippen MR) is 108 cm³/mol. The summed E-state index contributed by atoms with van der Waals surface area (Å²) in [5.41, 5.74) is 9.89. The van der Waals surface area contributed by atoms with Crippen LogP contribution in [0.3, 0.4) is 0 Å². The molecular weight excluding hydrogens is 352 g/mol. The Morgan fingerprint density at radius 2 is 1.93 bits per heavy atom. The molecule has 0 unspecified atom stereocenters. The van der Waals surface area contributed by atoms with Crippen LogP contribution in [0.2, 0.25) is 0 Å². The summed E-state index contributed by atoms with van der Waals surface area (Å²) < 4.78 is 7.21. The molecule has 6 nitrogen and oxygen atoms in total. The van der Waals surface area contributed by atoms with Crippen LogP contribution in [0.1, 0.15) is 24.0 Å². The first-order valence-electron chi connectivity index (χ1n) is 9.48. The van der Waals surface area contributed by atoms with Crippen LogP contribution in [0.15, 0.2) is 67.0 Å². The van der Waals surface area contributed by atoms with Gasteiger partial charge in [0.05, 0.1) is 12.1 Å². The van der Waals surface area contributed by atoms with Gasteiger partial charge in [0.25, 0.3) is 0 Å². The molecule has 1 aliphatic rings. The number of anilines is 1. The first-order chi connectivity index (χ1) is 13.6. The summed E-state index contributed by atoms with van der Waals surface area (Å²) in [5.74, 6) is -0.0537. The highest BCUT2D eigenvalue weighted by molar-refractivity contribution is 5.92. The predicted octanol–water partition coefficient (Wildman–Crippen LogP) is 3.02. The van der Waals surface area contributed by atoms with Gasteiger partial charge in [0, 0.05) is 36.8 Å². The Hall–Kier alpha value is -2.96. The van der Waals surface area contributed by atoms with Crippen LogP contribution in [-0.4, -0.2) is 28.9 Å². The van der Waals surface area contributed by atoms with Gasteiger partial charge in [-0.1, -0.05) is 24.3 Å². The van der Waals surface area contributed by atoms with Gasteiger partial charge in [0.2, 0.25) is 5.91 Å². The molecule has 0 spiro atoms. The fraction of sp³-hybridized carbons (Fsp3) is 0.273. The van der Waals surface area contributed by atoms with Gasteiger partial charge < -0.3 is 15.8 Å². The maximum Gasteiger partial charge on any atom is 0.228 e. The first kappa shape index (κ1) is 18.4. The molecule has 1 fully saturated rings. The molecule has 6 heteroatoms. The van der Waals surface area contributed by atoms with Crippen molar-refractivity contribution in [2.75, 3.05) is 18.5 Å². The van der Waals surface area contributed by atoms with Crippen molar-refractivity contribution in [1.82, 2.24) is 9.78 Å². The van der Waals surface area contributed by atoms with Crippen molar-refractivity contribution in [2.45, 2.75) is 24.8 Å². The number of hydrogen-bond acceptors (Lipinski definition) is 4. The second-order valence-corrected chi connectivity index (χ2v) is 7.19. The summed E-state index contributed by atoms with van der Waals surface area (Å²) in [6, 6.07) is 17.5. The zero-order valence-electron chi connectivity index (χ0n) is 15.7. The minimum absolute atomic E-state index is 0.0537. The quantitative estimate of drug-likeness (QED) is 0.717. The smallest absolute Gasteiger partial charge is 0.228 e. The lowest BCUT2D eigenvalue weighted by atomic mass is 9.83. The number of nitrogens with zero attached hydrogens (tertiary/aromatic N) is 2. The standard InChI is InChI=1S/C22H24N4O2/c23-22(9-13-28-14-10-22)18-3-1-4-19(16-18)25-21(27)15-17-5-7-20(8-6-17)26-12-2-11-24-26/h1-8,11-12,16H,9-10,13-15,23H2,(H,25,27). The molecule has 2 heterocycles. The number of rotatable bonds is 5. The number of carbonyl (C=O) groups excluding carboxylic acids is 1. The molecule has 144 valence electrons. The van der Waals surface area contributed by atoms with E-state index in [0.29, 0.717) is 19.6 Å². The summed E-state index contributed by atoms with van der Waals surface area (Å²) in [6.45, 7) is 1.34. The Bertz CT molecular complexity index is 929. The number of nitrogens with two attached hydrogens (primary N) is 1. The number of benzene rings is 2. The topological polar surface area (TPSA) is 82.2 Å². The third kappa shape index (κ3) is 4.13. The van der Waals surface area contributed by atoms with Crippen molar-refractivity contribution < 1.29 is 9.53 Å². The molecule has 1 amide bonds. The highest BCUT2D eigenvalue weighted by Crippen LogP contribution is 2.30. The van der Waals surface area contributed by atoms with Crippen molar-refractivity contribution in [2.24, 2.45) is 5.73 Å². The Kier molecular flexibility index (Phi) is 5.23. The van der Waals surface area contributed by atoms with E-state index in [1.54, 1.807) is 10.9 Å². The van der Waals surface area contributed by atoms with E-state index in [1.807, 2.05) is 60.8 Å². The number of hydrogen-bond donors (Lipinski definition) is 2. The summed E-state index contributed by atoms with van der Waals surface area (Å²) >= 11 is 0. The fourth-order valence-corrected chi connectivity index (χ4v) is 3.51. The summed E-state index contributed by atoms with van der Waals surface area (Å²) in [7, 11) is 0. The van der Waals surface area contributed by atoms with E-state index in [0.717, 1.165) is 35.3 Å². The van der Waals surface area contributed by atoms with Crippen LogP contribution >= 0.6 is 0 Å². The van der Waals surface area contributed by atoms with E-state index >= 15 is 0 Å². The third-order valence-electron chi connectivity index (χ3n) is 5.18. The van der Waals surface area contributed by atoms with Crippen molar-refractivity contribution >= 4 is 11.6 Å². The molecule has 4 rings (SSSR count). The SMILES string of the molecule is NC1(c2cccc(NC(=O)Cc3ccc(-n4cccn4)cc3)c2)CCOCC1.